The number of para-hydroxylation sites is 1. The Kier molecular flexibility index (Phi) is 4.81. The minimum absolute atomic E-state index is 0.0948. The first-order chi connectivity index (χ1) is 11.7. The van der Waals surface area contributed by atoms with Crippen LogP contribution in [0.4, 0.5) is 11.5 Å². The van der Waals surface area contributed by atoms with Crippen LogP contribution in [0.25, 0.3) is 0 Å². The van der Waals surface area contributed by atoms with E-state index in [1.807, 2.05) is 67.6 Å². The number of nitrogens with zero attached hydrogens (tertiary/aromatic N) is 2. The summed E-state index contributed by atoms with van der Waals surface area (Å²) in [5, 5.41) is 6.05. The van der Waals surface area contributed by atoms with E-state index in [-0.39, 0.29) is 17.6 Å². The topological polar surface area (TPSA) is 66.9 Å². The summed E-state index contributed by atoms with van der Waals surface area (Å²) in [6.45, 7) is 1.94. The summed E-state index contributed by atoms with van der Waals surface area (Å²) in [4.78, 5) is 20.7. The molecule has 120 valence electrons. The van der Waals surface area contributed by atoms with Crippen molar-refractivity contribution in [2.45, 2.75) is 13.0 Å². The Morgan fingerprint density at radius 1 is 0.917 bits per heavy atom. The molecule has 0 aliphatic carbocycles. The molecule has 1 aromatic heterocycles. The fraction of sp³-hybridized carbons (Fsp3) is 0.105. The van der Waals surface area contributed by atoms with Crippen molar-refractivity contribution in [1.29, 1.82) is 0 Å². The molecule has 0 saturated heterocycles. The molecule has 1 unspecified atom stereocenters. The molecular weight excluding hydrogens is 300 g/mol. The molecule has 1 amide bonds. The fourth-order valence-electron chi connectivity index (χ4n) is 2.27. The van der Waals surface area contributed by atoms with Gasteiger partial charge in [0, 0.05) is 5.69 Å². The molecule has 0 fully saturated rings. The van der Waals surface area contributed by atoms with Crippen LogP contribution in [0.2, 0.25) is 0 Å². The molecule has 2 aromatic carbocycles. The molecule has 0 saturated carbocycles. The summed E-state index contributed by atoms with van der Waals surface area (Å²) in [5.41, 5.74) is 2.25. The van der Waals surface area contributed by atoms with Crippen molar-refractivity contribution in [1.82, 2.24) is 15.3 Å². The molecule has 5 heteroatoms. The number of hydrogen-bond donors (Lipinski definition) is 2. The van der Waals surface area contributed by atoms with Gasteiger partial charge in [-0.15, -0.1) is 0 Å². The Morgan fingerprint density at radius 3 is 2.21 bits per heavy atom. The molecular formula is C19H18N4O. The zero-order chi connectivity index (χ0) is 16.8. The summed E-state index contributed by atoms with van der Waals surface area (Å²) < 4.78 is 0. The lowest BCUT2D eigenvalue weighted by Crippen LogP contribution is -2.27. The monoisotopic (exact) mass is 318 g/mol. The number of hydrogen-bond acceptors (Lipinski definition) is 4. The lowest BCUT2D eigenvalue weighted by Gasteiger charge is -2.14. The molecule has 3 aromatic rings. The maximum absolute atomic E-state index is 12.3. The Morgan fingerprint density at radius 2 is 1.58 bits per heavy atom. The molecule has 5 nitrogen and oxygen atoms in total. The number of carbonyl (C=O) groups is 1. The van der Waals surface area contributed by atoms with E-state index < -0.39 is 0 Å². The summed E-state index contributed by atoms with van der Waals surface area (Å²) in [7, 11) is 0. The van der Waals surface area contributed by atoms with Crippen molar-refractivity contribution < 1.29 is 4.79 Å². The molecule has 3 rings (SSSR count). The van der Waals surface area contributed by atoms with Gasteiger partial charge in [-0.1, -0.05) is 48.5 Å². The van der Waals surface area contributed by atoms with Crippen LogP contribution < -0.4 is 10.6 Å². The quantitative estimate of drug-likeness (QED) is 0.752. The van der Waals surface area contributed by atoms with Gasteiger partial charge in [-0.3, -0.25) is 4.79 Å². The minimum Gasteiger partial charge on any atom is -0.344 e. The normalized spacial score (nSPS) is 11.5. The zero-order valence-electron chi connectivity index (χ0n) is 13.3. The van der Waals surface area contributed by atoms with Gasteiger partial charge in [-0.2, -0.15) is 0 Å². The van der Waals surface area contributed by atoms with Gasteiger partial charge in [0.2, 0.25) is 0 Å². The third kappa shape index (κ3) is 3.95. The van der Waals surface area contributed by atoms with Crippen LogP contribution in [0, 0.1) is 0 Å². The fourth-order valence-corrected chi connectivity index (χ4v) is 2.27. The molecule has 0 bridgehead atoms. The first-order valence-corrected chi connectivity index (χ1v) is 7.72. The van der Waals surface area contributed by atoms with Gasteiger partial charge in [0.05, 0.1) is 18.4 Å². The van der Waals surface area contributed by atoms with Gasteiger partial charge in [0.1, 0.15) is 11.5 Å². The second-order valence-electron chi connectivity index (χ2n) is 5.38. The van der Waals surface area contributed by atoms with Crippen LogP contribution >= 0.6 is 0 Å². The van der Waals surface area contributed by atoms with E-state index in [9.17, 15) is 4.79 Å². The highest BCUT2D eigenvalue weighted by atomic mass is 16.1. The third-order valence-corrected chi connectivity index (χ3v) is 3.58. The highest BCUT2D eigenvalue weighted by Gasteiger charge is 2.12. The predicted octanol–water partition coefficient (Wildman–Crippen LogP) is 3.71. The second-order valence-corrected chi connectivity index (χ2v) is 5.38. The van der Waals surface area contributed by atoms with Gasteiger partial charge in [0.15, 0.2) is 0 Å². The highest BCUT2D eigenvalue weighted by Crippen LogP contribution is 2.14. The number of rotatable bonds is 5. The predicted molar refractivity (Wildman–Crippen MR) is 94.1 cm³/mol. The van der Waals surface area contributed by atoms with Crippen LogP contribution in [-0.4, -0.2) is 15.9 Å². The van der Waals surface area contributed by atoms with E-state index >= 15 is 0 Å². The van der Waals surface area contributed by atoms with E-state index in [1.54, 1.807) is 6.20 Å². The average molecular weight is 318 g/mol. The van der Waals surface area contributed by atoms with Crippen molar-refractivity contribution >= 4 is 17.4 Å². The van der Waals surface area contributed by atoms with Gasteiger partial charge in [-0.05, 0) is 24.6 Å². The molecule has 1 heterocycles. The van der Waals surface area contributed by atoms with E-state index in [4.69, 9.17) is 0 Å². The Balaban J connectivity index is 1.63. The summed E-state index contributed by atoms with van der Waals surface area (Å²) >= 11 is 0. The number of aromatic nitrogens is 2. The zero-order valence-corrected chi connectivity index (χ0v) is 13.3. The first-order valence-electron chi connectivity index (χ1n) is 7.72. The number of benzene rings is 2. The van der Waals surface area contributed by atoms with Crippen molar-refractivity contribution in [3.63, 3.8) is 0 Å². The lowest BCUT2D eigenvalue weighted by molar-refractivity contribution is 0.0934. The van der Waals surface area contributed by atoms with Crippen LogP contribution in [-0.2, 0) is 0 Å². The second kappa shape index (κ2) is 7.37. The van der Waals surface area contributed by atoms with Crippen molar-refractivity contribution in [2.24, 2.45) is 0 Å². The maximum atomic E-state index is 12.3. The molecule has 1 atom stereocenters. The van der Waals surface area contributed by atoms with Gasteiger partial charge >= 0.3 is 0 Å². The van der Waals surface area contributed by atoms with Crippen LogP contribution in [0.3, 0.4) is 0 Å². The van der Waals surface area contributed by atoms with Crippen LogP contribution in [0.15, 0.2) is 73.1 Å². The average Bonchev–Trinajstić information content (AvgIpc) is 2.64. The first kappa shape index (κ1) is 15.7. The minimum atomic E-state index is -0.245. The SMILES string of the molecule is CC(NC(=O)c1cnc(Nc2ccccc2)cn1)c1ccccc1. The van der Waals surface area contributed by atoms with Gasteiger partial charge in [0.25, 0.3) is 5.91 Å². The molecule has 0 radical (unpaired) electrons. The summed E-state index contributed by atoms with van der Waals surface area (Å²) in [6.07, 6.45) is 3.02. The highest BCUT2D eigenvalue weighted by molar-refractivity contribution is 5.92. The van der Waals surface area contributed by atoms with E-state index in [0.29, 0.717) is 5.82 Å². The van der Waals surface area contributed by atoms with Crippen molar-refractivity contribution in [3.05, 3.63) is 84.3 Å². The lowest BCUT2D eigenvalue weighted by atomic mass is 10.1. The standard InChI is InChI=1S/C19H18N4O/c1-14(15-8-4-2-5-9-15)22-19(24)17-12-21-18(13-20-17)23-16-10-6-3-7-11-16/h2-14H,1H3,(H,21,23)(H,22,24). The van der Waals surface area contributed by atoms with Gasteiger partial charge in [-0.25, -0.2) is 9.97 Å². The maximum Gasteiger partial charge on any atom is 0.271 e. The molecule has 0 spiro atoms. The van der Waals surface area contributed by atoms with Crippen LogP contribution in [0.1, 0.15) is 29.0 Å². The molecule has 0 aliphatic heterocycles. The Labute approximate surface area is 140 Å². The third-order valence-electron chi connectivity index (χ3n) is 3.58. The van der Waals surface area contributed by atoms with E-state index in [0.717, 1.165) is 11.3 Å². The van der Waals surface area contributed by atoms with Crippen LogP contribution in [0.5, 0.6) is 0 Å². The summed E-state index contributed by atoms with van der Waals surface area (Å²) in [6, 6.07) is 19.4. The molecule has 2 N–H and O–H groups in total. The van der Waals surface area contributed by atoms with Gasteiger partial charge < -0.3 is 10.6 Å². The Hall–Kier alpha value is -3.21. The number of carbonyl (C=O) groups excluding carboxylic acids is 1. The van der Waals surface area contributed by atoms with Crippen molar-refractivity contribution in [3.8, 4) is 0 Å². The number of amides is 1. The number of anilines is 2. The van der Waals surface area contributed by atoms with E-state index in [1.165, 1.54) is 6.20 Å². The molecule has 24 heavy (non-hydrogen) atoms. The molecule has 0 aliphatic rings. The summed E-state index contributed by atoms with van der Waals surface area (Å²) in [5.74, 6) is 0.346. The Bertz CT molecular complexity index is 789. The largest absolute Gasteiger partial charge is 0.344 e. The number of nitrogens with one attached hydrogen (secondary N) is 2. The van der Waals surface area contributed by atoms with Crippen molar-refractivity contribution in [2.75, 3.05) is 5.32 Å². The van der Waals surface area contributed by atoms with E-state index in [2.05, 4.69) is 20.6 Å². The smallest absolute Gasteiger partial charge is 0.271 e.